The monoisotopic (exact) mass is 1680 g/mol. The highest BCUT2D eigenvalue weighted by molar-refractivity contribution is 8.01. The van der Waals surface area contributed by atoms with E-state index in [2.05, 4.69) is 244 Å². The van der Waals surface area contributed by atoms with Gasteiger partial charge in [-0.05, 0) is 303 Å². The lowest BCUT2D eigenvalue weighted by molar-refractivity contribution is 0.237. The van der Waals surface area contributed by atoms with Crippen molar-refractivity contribution < 1.29 is 35.3 Å². The fraction of sp³-hybridized carbons (Fsp3) is 0.459. The van der Waals surface area contributed by atoms with Gasteiger partial charge >= 0.3 is 0 Å². The molecule has 0 amide bonds. The van der Waals surface area contributed by atoms with Crippen LogP contribution >= 0.6 is 0 Å². The second-order valence-corrected chi connectivity index (χ2v) is 44.7. The maximum absolute atomic E-state index is 12.0. The first-order chi connectivity index (χ1) is 54.2. The van der Waals surface area contributed by atoms with Gasteiger partial charge in [-0.2, -0.15) is 0 Å². The molecular weight excluding hydrogens is 1540 g/mol. The van der Waals surface area contributed by atoms with Crippen LogP contribution in [0, 0.1) is 5.92 Å². The number of likely N-dealkylation sites (tertiary alicyclic amines) is 1. The molecule has 0 radical (unpaired) electrons. The lowest BCUT2D eigenvalue weighted by atomic mass is 10.0. The predicted octanol–water partition coefficient (Wildman–Crippen LogP) is 22.1. The van der Waals surface area contributed by atoms with Crippen LogP contribution in [0.25, 0.3) is 0 Å². The van der Waals surface area contributed by atoms with E-state index in [4.69, 9.17) is 19.3 Å². The van der Waals surface area contributed by atoms with Crippen LogP contribution in [-0.4, -0.2) is 146 Å². The van der Waals surface area contributed by atoms with Crippen LogP contribution in [0.15, 0.2) is 214 Å². The van der Waals surface area contributed by atoms with Crippen molar-refractivity contribution in [2.75, 3.05) is 90.1 Å². The Bertz CT molecular complexity index is 4610. The van der Waals surface area contributed by atoms with Crippen molar-refractivity contribution in [2.24, 2.45) is 11.1 Å². The number of nitrogens with one attached hydrogen (secondary N) is 2. The van der Waals surface area contributed by atoms with E-state index in [1.165, 1.54) is 90.6 Å². The van der Waals surface area contributed by atoms with Gasteiger partial charge in [-0.3, -0.25) is 18.5 Å². The topological polar surface area (TPSA) is 170 Å². The normalized spacial score (nSPS) is 15.3. The van der Waals surface area contributed by atoms with Crippen molar-refractivity contribution in [3.8, 4) is 17.2 Å². The Morgan fingerprint density at radius 1 is 0.431 bits per heavy atom. The molecule has 2 aliphatic rings. The Kier molecular flexibility index (Phi) is 45.7. The summed E-state index contributed by atoms with van der Waals surface area (Å²) in [5, 5.41) is 5.44. The summed E-state index contributed by atoms with van der Waals surface area (Å²) >= 11 is 0. The van der Waals surface area contributed by atoms with E-state index in [1.54, 1.807) is 25.6 Å². The number of nitrogens with zero attached hydrogens (tertiary/aromatic N) is 2. The van der Waals surface area contributed by atoms with Gasteiger partial charge in [-0.1, -0.05) is 228 Å². The van der Waals surface area contributed by atoms with Gasteiger partial charge in [0.1, 0.15) is 30.5 Å². The molecule has 1 aliphatic carbocycles. The molecule has 2 fully saturated rings. The van der Waals surface area contributed by atoms with E-state index >= 15 is 0 Å². The van der Waals surface area contributed by atoms with Gasteiger partial charge < -0.3 is 23.8 Å². The van der Waals surface area contributed by atoms with Crippen LogP contribution < -0.4 is 28.8 Å². The van der Waals surface area contributed by atoms with Gasteiger partial charge in [0.05, 0.1) is 26.0 Å². The number of nitrogens with two attached hydrogens (primary N) is 1. The molecule has 13 nitrogen and oxygen atoms in total. The van der Waals surface area contributed by atoms with E-state index in [0.29, 0.717) is 58.0 Å². The van der Waals surface area contributed by atoms with Crippen molar-refractivity contribution in [3.05, 3.63) is 239 Å². The molecule has 5 unspecified atom stereocenters. The summed E-state index contributed by atoms with van der Waals surface area (Å²) in [6, 6.07) is 64.3. The van der Waals surface area contributed by atoms with Gasteiger partial charge in [0.2, 0.25) is 0 Å². The van der Waals surface area contributed by atoms with Crippen LogP contribution in [0.5, 0.6) is 17.2 Å². The molecule has 1 aliphatic heterocycles. The zero-order valence-electron chi connectivity index (χ0n) is 74.9. The molecule has 18 heteroatoms. The number of likely N-dealkylation sites (N-methyl/N-ethyl adjacent to an activating group) is 1. The van der Waals surface area contributed by atoms with Crippen LogP contribution in [0.4, 0.5) is 5.69 Å². The first-order valence-corrected chi connectivity index (χ1v) is 51.0. The number of anilines is 1. The molecule has 0 bridgehead atoms. The minimum atomic E-state index is -2.56. The molecule has 1 saturated heterocycles. The highest BCUT2D eigenvalue weighted by Crippen LogP contribution is 2.29. The molecule has 1 heterocycles. The number of hydrogen-bond acceptors (Lipinski definition) is 10. The molecule has 5 atom stereocenters. The minimum Gasteiger partial charge on any atom is -0.493 e. The number of rotatable bonds is 27. The number of ether oxygens (including phenoxy) is 3. The first-order valence-electron chi connectivity index (χ1n) is 41.3. The van der Waals surface area contributed by atoms with Crippen LogP contribution in [-0.2, 0) is 48.2 Å². The fourth-order valence-electron chi connectivity index (χ4n) is 11.8. The van der Waals surface area contributed by atoms with Gasteiger partial charge in [0.15, 0.2) is 0 Å². The van der Waals surface area contributed by atoms with E-state index in [1.807, 2.05) is 124 Å². The lowest BCUT2D eigenvalue weighted by Gasteiger charge is -2.15. The molecule has 0 aromatic heterocycles. The fourth-order valence-corrected chi connectivity index (χ4v) is 15.7. The molecule has 1 saturated carbocycles. The van der Waals surface area contributed by atoms with E-state index in [0.717, 1.165) is 82.0 Å². The maximum atomic E-state index is 12.0. The largest absolute Gasteiger partial charge is 0.493 e. The Balaban J connectivity index is 0.000000344. The third kappa shape index (κ3) is 41.0. The van der Waals surface area contributed by atoms with Crippen LogP contribution in [0.2, 0.25) is 0 Å². The van der Waals surface area contributed by atoms with Crippen molar-refractivity contribution in [2.45, 2.75) is 223 Å². The van der Waals surface area contributed by atoms with Gasteiger partial charge in [0, 0.05) is 66.3 Å². The van der Waals surface area contributed by atoms with Gasteiger partial charge in [-0.25, -0.2) is 17.3 Å². The van der Waals surface area contributed by atoms with Gasteiger partial charge in [0.25, 0.3) is 0 Å². The summed E-state index contributed by atoms with van der Waals surface area (Å²) in [6.07, 6.45) is 11.4. The number of benzene rings is 8. The smallest absolute Gasteiger partial charge is 0.119 e. The molecular formula is C98H149N5O8S5. The third-order valence-electron chi connectivity index (χ3n) is 19.7. The Labute approximate surface area is 708 Å². The molecule has 8 aromatic rings. The number of hydrogen-bond donors (Lipinski definition) is 3. The van der Waals surface area contributed by atoms with E-state index in [9.17, 15) is 21.0 Å². The highest BCUT2D eigenvalue weighted by atomic mass is 32.2. The summed E-state index contributed by atoms with van der Waals surface area (Å²) < 4.78 is 81.4. The summed E-state index contributed by atoms with van der Waals surface area (Å²) in [7, 11) is -5.38. The zero-order valence-corrected chi connectivity index (χ0v) is 79.0. The molecule has 644 valence electrons. The summed E-state index contributed by atoms with van der Waals surface area (Å²) in [5.74, 6) is 26.6. The van der Waals surface area contributed by atoms with Gasteiger partial charge in [-0.15, -0.1) is 0 Å². The molecule has 4 N–H and O–H groups in total. The van der Waals surface area contributed by atoms with E-state index in [-0.39, 0.29) is 0 Å². The highest BCUT2D eigenvalue weighted by Gasteiger charge is 2.17. The van der Waals surface area contributed by atoms with Crippen molar-refractivity contribution in [3.63, 3.8) is 0 Å². The van der Waals surface area contributed by atoms with Crippen molar-refractivity contribution in [1.82, 2.24) is 14.5 Å². The Morgan fingerprint density at radius 3 is 1.13 bits per heavy atom. The first kappa shape index (κ1) is 103. The second-order valence-electron chi connectivity index (χ2n) is 33.2. The third-order valence-corrected chi connectivity index (χ3v) is 26.4. The molecule has 0 spiro atoms. The molecule has 8 aromatic carbocycles. The second kappa shape index (κ2) is 51.4. The summed E-state index contributed by atoms with van der Waals surface area (Å²) in [6.45, 7) is 43.3. The Morgan fingerprint density at radius 2 is 0.759 bits per heavy atom. The predicted molar refractivity (Wildman–Crippen MR) is 516 cm³/mol. The maximum Gasteiger partial charge on any atom is 0.119 e. The molecule has 116 heavy (non-hydrogen) atoms. The summed E-state index contributed by atoms with van der Waals surface area (Å²) in [5.41, 5.74) is 10.9. The zero-order chi connectivity index (χ0) is 87.2. The van der Waals surface area contributed by atoms with Crippen LogP contribution in [0.1, 0.15) is 248 Å². The minimum absolute atomic E-state index is 0.418. The SMILES string of the molecule is C=S(=O)(CC)c1cccc(C(C)C)c1.C=S(=O)(NC)c1cccc(C(C)C)c1.C=S(C)(=O)Nc1cccc(C(C)C)c1.C=S(C)(=O)c1cccc(C(C)C)c1.C=S(N)(=O)c1cccc(C(C)C)c1.CC(C)c1cccc(OCC2CCCC2)c1.CC(C)c1cccc(OCCN(C)C)c1.CC(C)c1cccc(OCCN2CCCC2)c1. The standard InChI is InChI=1S/C15H23NO.C15H22O.C13H21NO.C12H18OS.2C11H17NOS.C11H16OS.C10H15NOS/c1-13(2)14-6-5-7-15(12-14)17-11-10-16-8-3-4-9-16;1-12(2)14-8-5-9-15(10-14)16-11-13-6-3-4-7-13;1-11(2)12-6-5-7-13(10-12)15-9-8-14(3)4;1-5-14(4,13)12-8-6-7-11(9-12)10(2)3;1-9(2)10-6-5-7-11(8-10)12-14(3,4)13;1-9(2)10-6-5-7-11(8-10)14(4,13)12-3;1-9(2)10-6-5-7-11(8-10)13(3,4)12;1-8(2)9-5-4-6-10(7-9)13(3,11)12/h5-7,12-13H,3-4,8-11H2,1-2H3;5,8-10,12-13H,3-4,6-7,11H2,1-2H3;5-7,10-11H,8-9H2,1-4H3;6-10H,4-5H2,1-3H3;5-9H,3H2,1-2,4H3,(H,12,13);5-9H,4H2,1-3H3,(H,12,13);5-9H,3H2,1-2,4H3;4-8H,3H2,1-2H3,(H2,11,12). The lowest BCUT2D eigenvalue weighted by Crippen LogP contribution is -2.25. The van der Waals surface area contributed by atoms with Crippen molar-refractivity contribution in [1.29, 1.82) is 0 Å². The molecule has 10 rings (SSSR count). The Hall–Kier alpha value is -7.10. The van der Waals surface area contributed by atoms with Crippen molar-refractivity contribution >= 4 is 83.2 Å². The average Bonchev–Trinajstić information content (AvgIpc) is 0.904. The van der Waals surface area contributed by atoms with Crippen LogP contribution in [0.3, 0.4) is 0 Å². The quantitative estimate of drug-likeness (QED) is 0.0421. The summed E-state index contributed by atoms with van der Waals surface area (Å²) in [4.78, 5) is 7.72. The van der Waals surface area contributed by atoms with E-state index < -0.39 is 48.2 Å². The average molecular weight is 1690 g/mol.